The SMILES string of the molecule is CSc1ccc(-c2cc3n(c(=N)c2C#N)CCc2cc4c(cc2-3)OCO4)cc1. The zero-order chi connectivity index (χ0) is 19.3. The first-order chi connectivity index (χ1) is 13.7. The van der Waals surface area contributed by atoms with E-state index in [4.69, 9.17) is 14.9 Å². The van der Waals surface area contributed by atoms with Crippen LogP contribution in [0.2, 0.25) is 0 Å². The topological polar surface area (TPSA) is 71.0 Å². The number of nitrogens with zero attached hydrogens (tertiary/aromatic N) is 2. The number of benzene rings is 2. The van der Waals surface area contributed by atoms with E-state index in [1.807, 2.05) is 53.3 Å². The van der Waals surface area contributed by atoms with Gasteiger partial charge in [-0.05, 0) is 54.1 Å². The highest BCUT2D eigenvalue weighted by atomic mass is 32.2. The number of nitrogens with one attached hydrogen (secondary N) is 1. The Balaban J connectivity index is 1.75. The summed E-state index contributed by atoms with van der Waals surface area (Å²) in [4.78, 5) is 1.17. The molecule has 28 heavy (non-hydrogen) atoms. The van der Waals surface area contributed by atoms with Crippen LogP contribution in [-0.4, -0.2) is 17.6 Å². The fraction of sp³-hybridized carbons (Fsp3) is 0.182. The normalized spacial score (nSPS) is 13.6. The van der Waals surface area contributed by atoms with Crippen molar-refractivity contribution in [1.82, 2.24) is 4.57 Å². The first-order valence-electron chi connectivity index (χ1n) is 8.99. The van der Waals surface area contributed by atoms with Gasteiger partial charge in [0.15, 0.2) is 11.5 Å². The highest BCUT2D eigenvalue weighted by molar-refractivity contribution is 7.98. The van der Waals surface area contributed by atoms with Gasteiger partial charge in [0.2, 0.25) is 6.79 Å². The summed E-state index contributed by atoms with van der Waals surface area (Å²) in [5, 5.41) is 18.4. The molecular weight excluding hydrogens is 370 g/mol. The maximum Gasteiger partial charge on any atom is 0.231 e. The predicted octanol–water partition coefficient (Wildman–Crippen LogP) is 4.18. The number of thioether (sulfide) groups is 1. The number of rotatable bonds is 2. The van der Waals surface area contributed by atoms with E-state index in [1.54, 1.807) is 11.8 Å². The van der Waals surface area contributed by atoms with Crippen molar-refractivity contribution < 1.29 is 9.47 Å². The van der Waals surface area contributed by atoms with Crippen LogP contribution in [0.1, 0.15) is 11.1 Å². The van der Waals surface area contributed by atoms with Gasteiger partial charge in [0.05, 0.1) is 5.69 Å². The monoisotopic (exact) mass is 387 g/mol. The molecule has 0 saturated heterocycles. The maximum atomic E-state index is 9.76. The van der Waals surface area contributed by atoms with Gasteiger partial charge in [0, 0.05) is 22.6 Å². The van der Waals surface area contributed by atoms with E-state index >= 15 is 0 Å². The summed E-state index contributed by atoms with van der Waals surface area (Å²) in [6, 6.07) is 16.4. The molecule has 0 unspecified atom stereocenters. The van der Waals surface area contributed by atoms with Crippen LogP contribution in [0.5, 0.6) is 11.5 Å². The van der Waals surface area contributed by atoms with Gasteiger partial charge in [-0.3, -0.25) is 5.41 Å². The van der Waals surface area contributed by atoms with Crippen LogP contribution in [0.15, 0.2) is 47.4 Å². The Labute approximate surface area is 166 Å². The minimum atomic E-state index is 0.238. The van der Waals surface area contributed by atoms with Crippen LogP contribution in [-0.2, 0) is 13.0 Å². The van der Waals surface area contributed by atoms with Crippen molar-refractivity contribution in [3.8, 4) is 40.0 Å². The average molecular weight is 387 g/mol. The second kappa shape index (κ2) is 6.47. The Morgan fingerprint density at radius 3 is 2.54 bits per heavy atom. The van der Waals surface area contributed by atoms with Crippen molar-refractivity contribution in [2.24, 2.45) is 0 Å². The molecule has 3 aromatic rings. The largest absolute Gasteiger partial charge is 0.454 e. The van der Waals surface area contributed by atoms with Gasteiger partial charge in [-0.15, -0.1) is 11.8 Å². The molecule has 0 atom stereocenters. The van der Waals surface area contributed by atoms with Crippen LogP contribution >= 0.6 is 11.8 Å². The van der Waals surface area contributed by atoms with Crippen molar-refractivity contribution in [2.45, 2.75) is 17.9 Å². The third-order valence-electron chi connectivity index (χ3n) is 5.34. The van der Waals surface area contributed by atoms with E-state index in [0.717, 1.165) is 40.3 Å². The summed E-state index contributed by atoms with van der Waals surface area (Å²) in [6.45, 7) is 0.906. The third kappa shape index (κ3) is 2.51. The van der Waals surface area contributed by atoms with Gasteiger partial charge < -0.3 is 14.0 Å². The maximum absolute atomic E-state index is 9.76. The summed E-state index contributed by atoms with van der Waals surface area (Å²) >= 11 is 1.68. The molecule has 0 aliphatic carbocycles. The van der Waals surface area contributed by atoms with Crippen molar-refractivity contribution in [1.29, 1.82) is 10.7 Å². The van der Waals surface area contributed by atoms with Crippen molar-refractivity contribution in [2.75, 3.05) is 13.0 Å². The summed E-state index contributed by atoms with van der Waals surface area (Å²) in [5.74, 6) is 1.51. The number of nitriles is 1. The molecule has 3 heterocycles. The third-order valence-corrected chi connectivity index (χ3v) is 6.08. The summed E-state index contributed by atoms with van der Waals surface area (Å²) < 4.78 is 13.0. The molecule has 0 fully saturated rings. The molecule has 0 bridgehead atoms. The fourth-order valence-corrected chi connectivity index (χ4v) is 4.31. The highest BCUT2D eigenvalue weighted by Crippen LogP contribution is 2.41. The van der Waals surface area contributed by atoms with E-state index in [-0.39, 0.29) is 12.3 Å². The highest BCUT2D eigenvalue weighted by Gasteiger charge is 2.24. The van der Waals surface area contributed by atoms with Crippen LogP contribution in [0.25, 0.3) is 22.4 Å². The lowest BCUT2D eigenvalue weighted by Crippen LogP contribution is -2.28. The lowest BCUT2D eigenvalue weighted by molar-refractivity contribution is 0.174. The molecule has 5 nitrogen and oxygen atoms in total. The predicted molar refractivity (Wildman–Crippen MR) is 107 cm³/mol. The lowest BCUT2D eigenvalue weighted by Gasteiger charge is -2.24. The lowest BCUT2D eigenvalue weighted by atomic mass is 9.92. The summed E-state index contributed by atoms with van der Waals surface area (Å²) in [5.41, 5.74) is 5.55. The van der Waals surface area contributed by atoms with Crippen LogP contribution in [0, 0.1) is 16.7 Å². The van der Waals surface area contributed by atoms with Crippen molar-refractivity contribution >= 4 is 11.8 Å². The fourth-order valence-electron chi connectivity index (χ4n) is 3.90. The Morgan fingerprint density at radius 1 is 1.07 bits per heavy atom. The molecule has 1 N–H and O–H groups in total. The van der Waals surface area contributed by atoms with Gasteiger partial charge in [0.1, 0.15) is 17.1 Å². The van der Waals surface area contributed by atoms with E-state index in [9.17, 15) is 5.26 Å². The van der Waals surface area contributed by atoms with Crippen molar-refractivity contribution in [3.63, 3.8) is 0 Å². The van der Waals surface area contributed by atoms with Gasteiger partial charge >= 0.3 is 0 Å². The molecule has 0 saturated carbocycles. The van der Waals surface area contributed by atoms with E-state index in [2.05, 4.69) is 6.07 Å². The van der Waals surface area contributed by atoms with Gasteiger partial charge in [-0.1, -0.05) is 12.1 Å². The number of hydrogen-bond acceptors (Lipinski definition) is 5. The Bertz CT molecular complexity index is 1210. The van der Waals surface area contributed by atoms with Crippen LogP contribution < -0.4 is 15.0 Å². The number of pyridine rings is 1. The number of hydrogen-bond donors (Lipinski definition) is 1. The first-order valence-corrected chi connectivity index (χ1v) is 10.2. The Hall–Kier alpha value is -3.17. The Kier molecular flexibility index (Phi) is 3.92. The Morgan fingerprint density at radius 2 is 1.82 bits per heavy atom. The van der Waals surface area contributed by atoms with Crippen molar-refractivity contribution in [3.05, 3.63) is 59.1 Å². The molecule has 6 heteroatoms. The molecule has 2 aliphatic rings. The minimum Gasteiger partial charge on any atom is -0.454 e. The molecule has 0 amide bonds. The minimum absolute atomic E-state index is 0.238. The van der Waals surface area contributed by atoms with Crippen LogP contribution in [0.3, 0.4) is 0 Å². The second-order valence-corrected chi connectivity index (χ2v) is 7.65. The average Bonchev–Trinajstić information content (AvgIpc) is 3.19. The zero-order valence-electron chi connectivity index (χ0n) is 15.3. The van der Waals surface area contributed by atoms with Gasteiger partial charge in [-0.2, -0.15) is 5.26 Å². The quantitative estimate of drug-likeness (QED) is 0.670. The molecule has 2 aliphatic heterocycles. The molecule has 0 radical (unpaired) electrons. The van der Waals surface area contributed by atoms with E-state index < -0.39 is 0 Å². The molecule has 0 spiro atoms. The molecule has 2 aromatic carbocycles. The number of ether oxygens (including phenoxy) is 2. The molecule has 5 rings (SSSR count). The standard InChI is InChI=1S/C22H17N3O2S/c1-28-15-4-2-13(3-5-15)16-9-19-17-10-21-20(26-12-27-21)8-14(17)6-7-25(19)22(24)18(16)11-23/h2-5,8-10,24H,6-7,12H2,1H3. The van der Waals surface area contributed by atoms with E-state index in [1.165, 1.54) is 10.5 Å². The summed E-state index contributed by atoms with van der Waals surface area (Å²) in [7, 11) is 0. The zero-order valence-corrected chi connectivity index (χ0v) is 16.1. The summed E-state index contributed by atoms with van der Waals surface area (Å²) in [6.07, 6.45) is 2.83. The molecule has 138 valence electrons. The molecule has 1 aromatic heterocycles. The van der Waals surface area contributed by atoms with Crippen LogP contribution in [0.4, 0.5) is 0 Å². The molecular formula is C22H17N3O2S. The number of aromatic nitrogens is 1. The van der Waals surface area contributed by atoms with Gasteiger partial charge in [0.25, 0.3) is 0 Å². The van der Waals surface area contributed by atoms with Gasteiger partial charge in [-0.25, -0.2) is 0 Å². The first kappa shape index (κ1) is 17.0. The van der Waals surface area contributed by atoms with E-state index in [0.29, 0.717) is 12.1 Å². The smallest absolute Gasteiger partial charge is 0.231 e. The number of aryl methyl sites for hydroxylation is 1. The number of fused-ring (bicyclic) bond motifs is 4. The second-order valence-electron chi connectivity index (χ2n) is 6.77.